The first-order valence-electron chi connectivity index (χ1n) is 9.55. The summed E-state index contributed by atoms with van der Waals surface area (Å²) in [6.07, 6.45) is 0. The molecule has 156 valence electrons. The molecule has 0 aromatic heterocycles. The van der Waals surface area contributed by atoms with Gasteiger partial charge >= 0.3 is 0 Å². The van der Waals surface area contributed by atoms with E-state index in [0.717, 1.165) is 16.9 Å². The molecule has 6 nitrogen and oxygen atoms in total. The van der Waals surface area contributed by atoms with Gasteiger partial charge in [-0.05, 0) is 67.4 Å². The zero-order chi connectivity index (χ0) is 21.6. The third-order valence-electron chi connectivity index (χ3n) is 4.49. The lowest BCUT2D eigenvalue weighted by Crippen LogP contribution is -2.16. The van der Waals surface area contributed by atoms with E-state index in [-0.39, 0.29) is 11.7 Å². The number of nitrogens with one attached hydrogen (secondary N) is 2. The van der Waals surface area contributed by atoms with Crippen LogP contribution in [0.15, 0.2) is 72.8 Å². The molecular formula is C23H24N2O4S. The largest absolute Gasteiger partial charge is 0.489 e. The molecule has 2 N–H and O–H groups in total. The summed E-state index contributed by atoms with van der Waals surface area (Å²) in [5.74, 6) is 0.545. The Hall–Kier alpha value is -3.32. The Bertz CT molecular complexity index is 1110. The molecule has 1 amide bonds. The number of aryl methyl sites for hydroxylation is 1. The summed E-state index contributed by atoms with van der Waals surface area (Å²) in [5, 5.41) is 2.83. The molecule has 0 atom stereocenters. The van der Waals surface area contributed by atoms with Crippen LogP contribution in [0.3, 0.4) is 0 Å². The Balaban J connectivity index is 1.61. The van der Waals surface area contributed by atoms with Crippen LogP contribution in [0.4, 0.5) is 11.4 Å². The highest BCUT2D eigenvalue weighted by Gasteiger charge is 2.11. The predicted molar refractivity (Wildman–Crippen MR) is 119 cm³/mol. The van der Waals surface area contributed by atoms with E-state index in [4.69, 9.17) is 4.74 Å². The van der Waals surface area contributed by atoms with Crippen molar-refractivity contribution in [2.75, 3.05) is 15.8 Å². The van der Waals surface area contributed by atoms with E-state index >= 15 is 0 Å². The Labute approximate surface area is 177 Å². The average molecular weight is 425 g/mol. The van der Waals surface area contributed by atoms with E-state index in [1.807, 2.05) is 42.5 Å². The van der Waals surface area contributed by atoms with Crippen molar-refractivity contribution in [3.63, 3.8) is 0 Å². The highest BCUT2D eigenvalue weighted by molar-refractivity contribution is 7.92. The maximum absolute atomic E-state index is 12.5. The van der Waals surface area contributed by atoms with Gasteiger partial charge in [-0.1, -0.05) is 30.3 Å². The van der Waals surface area contributed by atoms with Gasteiger partial charge in [-0.2, -0.15) is 0 Å². The number of anilines is 2. The van der Waals surface area contributed by atoms with E-state index < -0.39 is 10.0 Å². The van der Waals surface area contributed by atoms with Crippen LogP contribution in [0, 0.1) is 6.92 Å². The second kappa shape index (κ2) is 9.45. The van der Waals surface area contributed by atoms with E-state index in [0.29, 0.717) is 23.5 Å². The molecule has 0 aliphatic carbocycles. The Morgan fingerprint density at radius 2 is 1.67 bits per heavy atom. The lowest BCUT2D eigenvalue weighted by Gasteiger charge is -2.12. The van der Waals surface area contributed by atoms with Gasteiger partial charge in [0.2, 0.25) is 10.0 Å². The molecule has 0 unspecified atom stereocenters. The summed E-state index contributed by atoms with van der Waals surface area (Å²) in [5.41, 5.74) is 3.29. The number of hydrogen-bond donors (Lipinski definition) is 2. The average Bonchev–Trinajstić information content (AvgIpc) is 2.75. The van der Waals surface area contributed by atoms with Crippen molar-refractivity contribution < 1.29 is 17.9 Å². The molecule has 0 radical (unpaired) electrons. The summed E-state index contributed by atoms with van der Waals surface area (Å²) in [4.78, 5) is 12.5. The zero-order valence-electron chi connectivity index (χ0n) is 16.9. The summed E-state index contributed by atoms with van der Waals surface area (Å²) >= 11 is 0. The standard InChI is InChI=1S/C23H24N2O4S/c1-3-30(27,28)25-22-14-13-20(15-17(22)2)24-23(26)19-11-9-18(10-12-19)16-29-21-7-5-4-6-8-21/h4-15,25H,3,16H2,1-2H3,(H,24,26). The Morgan fingerprint density at radius 1 is 0.967 bits per heavy atom. The molecule has 0 bridgehead atoms. The minimum Gasteiger partial charge on any atom is -0.489 e. The Kier molecular flexibility index (Phi) is 6.74. The van der Waals surface area contributed by atoms with Gasteiger partial charge in [-0.25, -0.2) is 8.42 Å². The zero-order valence-corrected chi connectivity index (χ0v) is 17.7. The van der Waals surface area contributed by atoms with Crippen LogP contribution < -0.4 is 14.8 Å². The van der Waals surface area contributed by atoms with Crippen LogP contribution in [0.25, 0.3) is 0 Å². The van der Waals surface area contributed by atoms with Gasteiger partial charge in [0.25, 0.3) is 5.91 Å². The van der Waals surface area contributed by atoms with Crippen LogP contribution in [0.5, 0.6) is 5.75 Å². The minimum absolute atomic E-state index is 0.00267. The lowest BCUT2D eigenvalue weighted by atomic mass is 10.1. The maximum Gasteiger partial charge on any atom is 0.255 e. The van der Waals surface area contributed by atoms with Crippen molar-refractivity contribution in [1.29, 1.82) is 0 Å². The van der Waals surface area contributed by atoms with E-state index in [1.54, 1.807) is 44.2 Å². The summed E-state index contributed by atoms with van der Waals surface area (Å²) in [6, 6.07) is 21.8. The van der Waals surface area contributed by atoms with E-state index in [1.165, 1.54) is 0 Å². The van der Waals surface area contributed by atoms with Gasteiger partial charge in [-0.15, -0.1) is 0 Å². The number of hydrogen-bond acceptors (Lipinski definition) is 4. The van der Waals surface area contributed by atoms with E-state index in [9.17, 15) is 13.2 Å². The number of para-hydroxylation sites is 1. The number of amides is 1. The molecule has 0 fully saturated rings. The SMILES string of the molecule is CCS(=O)(=O)Nc1ccc(NC(=O)c2ccc(COc3ccccc3)cc2)cc1C. The second-order valence-electron chi connectivity index (χ2n) is 6.79. The van der Waals surface area contributed by atoms with Crippen LogP contribution >= 0.6 is 0 Å². The summed E-state index contributed by atoms with van der Waals surface area (Å²) in [6.45, 7) is 3.77. The number of sulfonamides is 1. The number of carbonyl (C=O) groups is 1. The molecule has 30 heavy (non-hydrogen) atoms. The fourth-order valence-corrected chi connectivity index (χ4v) is 3.44. The maximum atomic E-state index is 12.5. The minimum atomic E-state index is -3.35. The molecule has 0 saturated heterocycles. The normalized spacial score (nSPS) is 11.0. The quantitative estimate of drug-likeness (QED) is 0.554. The van der Waals surface area contributed by atoms with Gasteiger partial charge < -0.3 is 10.1 Å². The van der Waals surface area contributed by atoms with Crippen molar-refractivity contribution >= 4 is 27.3 Å². The van der Waals surface area contributed by atoms with Gasteiger partial charge in [0, 0.05) is 11.3 Å². The van der Waals surface area contributed by atoms with Crippen LogP contribution in [-0.2, 0) is 16.6 Å². The Morgan fingerprint density at radius 3 is 2.30 bits per heavy atom. The molecule has 0 aliphatic rings. The summed E-state index contributed by atoms with van der Waals surface area (Å²) in [7, 11) is -3.35. The smallest absolute Gasteiger partial charge is 0.255 e. The molecule has 0 heterocycles. The highest BCUT2D eigenvalue weighted by Crippen LogP contribution is 2.21. The van der Waals surface area contributed by atoms with Crippen LogP contribution in [0.2, 0.25) is 0 Å². The lowest BCUT2D eigenvalue weighted by molar-refractivity contribution is 0.102. The molecule has 7 heteroatoms. The molecule has 0 saturated carbocycles. The number of ether oxygens (including phenoxy) is 1. The van der Waals surface area contributed by atoms with E-state index in [2.05, 4.69) is 10.0 Å². The fourth-order valence-electron chi connectivity index (χ4n) is 2.73. The van der Waals surface area contributed by atoms with Gasteiger partial charge in [0.1, 0.15) is 12.4 Å². The highest BCUT2D eigenvalue weighted by atomic mass is 32.2. The van der Waals surface area contributed by atoms with Crippen molar-refractivity contribution in [2.45, 2.75) is 20.5 Å². The molecule has 0 aliphatic heterocycles. The van der Waals surface area contributed by atoms with Crippen molar-refractivity contribution in [1.82, 2.24) is 0 Å². The van der Waals surface area contributed by atoms with Crippen LogP contribution in [0.1, 0.15) is 28.4 Å². The summed E-state index contributed by atoms with van der Waals surface area (Å²) < 4.78 is 31.7. The molecule has 3 aromatic rings. The first kappa shape index (κ1) is 21.4. The second-order valence-corrected chi connectivity index (χ2v) is 8.80. The number of rotatable bonds is 8. The molecule has 3 aromatic carbocycles. The number of carbonyl (C=O) groups excluding carboxylic acids is 1. The molecular weight excluding hydrogens is 400 g/mol. The van der Waals surface area contributed by atoms with Crippen molar-refractivity contribution in [3.05, 3.63) is 89.5 Å². The number of benzene rings is 3. The first-order valence-corrected chi connectivity index (χ1v) is 11.2. The van der Waals surface area contributed by atoms with Crippen molar-refractivity contribution in [2.24, 2.45) is 0 Å². The topological polar surface area (TPSA) is 84.5 Å². The third-order valence-corrected chi connectivity index (χ3v) is 5.79. The molecule has 0 spiro atoms. The van der Waals surface area contributed by atoms with Gasteiger partial charge in [0.15, 0.2) is 0 Å². The predicted octanol–water partition coefficient (Wildman–Crippen LogP) is 4.59. The monoisotopic (exact) mass is 424 g/mol. The van der Waals surface area contributed by atoms with Gasteiger partial charge in [-0.3, -0.25) is 9.52 Å². The van der Waals surface area contributed by atoms with Crippen LogP contribution in [-0.4, -0.2) is 20.1 Å². The molecule has 3 rings (SSSR count). The van der Waals surface area contributed by atoms with Crippen molar-refractivity contribution in [3.8, 4) is 5.75 Å². The third kappa shape index (κ3) is 5.84. The fraction of sp³-hybridized carbons (Fsp3) is 0.174. The first-order chi connectivity index (χ1) is 14.4. The van der Waals surface area contributed by atoms with Gasteiger partial charge in [0.05, 0.1) is 11.4 Å².